The largest absolute Gasteiger partial charge is 0.314 e. The minimum Gasteiger partial charge on any atom is -0.314 e. The van der Waals surface area contributed by atoms with Gasteiger partial charge in [-0.25, -0.2) is 0 Å². The van der Waals surface area contributed by atoms with Crippen LogP contribution in [0.1, 0.15) is 19.0 Å². The summed E-state index contributed by atoms with van der Waals surface area (Å²) in [6, 6.07) is 0. The lowest BCUT2D eigenvalue weighted by molar-refractivity contribution is 0.562. The Hall–Kier alpha value is -0.540. The van der Waals surface area contributed by atoms with E-state index < -0.39 is 0 Å². The van der Waals surface area contributed by atoms with Crippen LogP contribution in [0.5, 0.6) is 0 Å². The van der Waals surface area contributed by atoms with Crippen LogP contribution in [0.4, 0.5) is 0 Å². The maximum absolute atomic E-state index is 5.94. The third kappa shape index (κ3) is 1.99. The highest BCUT2D eigenvalue weighted by atomic mass is 35.5. The van der Waals surface area contributed by atoms with E-state index in [0.717, 1.165) is 30.2 Å². The van der Waals surface area contributed by atoms with Crippen LogP contribution in [0.25, 0.3) is 0 Å². The quantitative estimate of drug-likeness (QED) is 0.777. The number of nitrogens with zero attached hydrogens (tertiary/aromatic N) is 2. The number of rotatable bonds is 4. The van der Waals surface area contributed by atoms with Crippen molar-refractivity contribution in [2.75, 3.05) is 7.05 Å². The lowest BCUT2D eigenvalue weighted by Gasteiger charge is -2.05. The van der Waals surface area contributed by atoms with E-state index in [1.165, 1.54) is 0 Å². The number of nitrogens with one attached hydrogen (secondary N) is 1. The molecule has 1 aromatic heterocycles. The monoisotopic (exact) mass is 187 g/mol. The first-order chi connectivity index (χ1) is 5.79. The van der Waals surface area contributed by atoms with Crippen LogP contribution < -0.4 is 5.32 Å². The topological polar surface area (TPSA) is 29.9 Å². The summed E-state index contributed by atoms with van der Waals surface area (Å²) in [4.78, 5) is 0. The molecule has 0 fully saturated rings. The van der Waals surface area contributed by atoms with Crippen LogP contribution in [-0.4, -0.2) is 16.8 Å². The lowest BCUT2D eigenvalue weighted by Crippen LogP contribution is -2.12. The Morgan fingerprint density at radius 3 is 3.00 bits per heavy atom. The van der Waals surface area contributed by atoms with Gasteiger partial charge in [-0.2, -0.15) is 5.10 Å². The lowest BCUT2D eigenvalue weighted by atomic mass is 10.4. The van der Waals surface area contributed by atoms with Crippen molar-refractivity contribution in [3.05, 3.63) is 16.9 Å². The highest BCUT2D eigenvalue weighted by Crippen LogP contribution is 2.14. The van der Waals surface area contributed by atoms with E-state index in [1.54, 1.807) is 6.20 Å². The number of aryl methyl sites for hydroxylation is 1. The van der Waals surface area contributed by atoms with Crippen LogP contribution in [0.2, 0.25) is 5.02 Å². The van der Waals surface area contributed by atoms with Gasteiger partial charge in [0.1, 0.15) is 0 Å². The Labute approximate surface area is 77.7 Å². The van der Waals surface area contributed by atoms with Gasteiger partial charge in [-0.3, -0.25) is 4.68 Å². The smallest absolute Gasteiger partial charge is 0.0831 e. The molecule has 0 spiro atoms. The van der Waals surface area contributed by atoms with Gasteiger partial charge in [-0.15, -0.1) is 0 Å². The third-order valence-corrected chi connectivity index (χ3v) is 1.99. The molecule has 0 aliphatic heterocycles. The van der Waals surface area contributed by atoms with Gasteiger partial charge in [-0.1, -0.05) is 18.5 Å². The average Bonchev–Trinajstić information content (AvgIpc) is 2.37. The molecule has 0 bridgehead atoms. The summed E-state index contributed by atoms with van der Waals surface area (Å²) in [5.41, 5.74) is 1.07. The van der Waals surface area contributed by atoms with Crippen molar-refractivity contribution in [3.8, 4) is 0 Å². The van der Waals surface area contributed by atoms with Crippen LogP contribution in [0.15, 0.2) is 6.20 Å². The number of hydrogen-bond donors (Lipinski definition) is 1. The molecule has 1 N–H and O–H groups in total. The van der Waals surface area contributed by atoms with Gasteiger partial charge in [0.15, 0.2) is 0 Å². The van der Waals surface area contributed by atoms with Crippen molar-refractivity contribution >= 4 is 11.6 Å². The normalized spacial score (nSPS) is 10.6. The molecule has 68 valence electrons. The van der Waals surface area contributed by atoms with Crippen molar-refractivity contribution in [1.29, 1.82) is 0 Å². The molecule has 0 amide bonds. The van der Waals surface area contributed by atoms with Crippen molar-refractivity contribution in [1.82, 2.24) is 15.1 Å². The predicted octanol–water partition coefficient (Wildman–Crippen LogP) is 1.67. The summed E-state index contributed by atoms with van der Waals surface area (Å²) < 4.78 is 1.94. The second-order valence-electron chi connectivity index (χ2n) is 2.69. The van der Waals surface area contributed by atoms with Gasteiger partial charge in [0.05, 0.1) is 16.9 Å². The van der Waals surface area contributed by atoms with E-state index in [2.05, 4.69) is 17.3 Å². The number of halogens is 1. The van der Waals surface area contributed by atoms with Crippen LogP contribution in [0.3, 0.4) is 0 Å². The zero-order valence-electron chi connectivity index (χ0n) is 7.47. The third-order valence-electron chi connectivity index (χ3n) is 1.68. The fourth-order valence-electron chi connectivity index (χ4n) is 1.14. The molecule has 1 heterocycles. The molecule has 0 aliphatic rings. The van der Waals surface area contributed by atoms with E-state index in [4.69, 9.17) is 11.6 Å². The van der Waals surface area contributed by atoms with Crippen LogP contribution >= 0.6 is 11.6 Å². The fraction of sp³-hybridized carbons (Fsp3) is 0.625. The van der Waals surface area contributed by atoms with Gasteiger partial charge in [-0.05, 0) is 13.5 Å². The molecular weight excluding hydrogens is 174 g/mol. The Morgan fingerprint density at radius 2 is 2.42 bits per heavy atom. The molecular formula is C8H14ClN3. The number of aromatic nitrogens is 2. The van der Waals surface area contributed by atoms with E-state index in [-0.39, 0.29) is 0 Å². The number of hydrogen-bond acceptors (Lipinski definition) is 2. The maximum atomic E-state index is 5.94. The summed E-state index contributed by atoms with van der Waals surface area (Å²) in [6.07, 6.45) is 2.78. The van der Waals surface area contributed by atoms with Crippen molar-refractivity contribution in [2.24, 2.45) is 0 Å². The van der Waals surface area contributed by atoms with Gasteiger partial charge in [0.25, 0.3) is 0 Å². The summed E-state index contributed by atoms with van der Waals surface area (Å²) >= 11 is 5.94. The molecule has 4 heteroatoms. The SMILES string of the molecule is CCCn1ncc(Cl)c1CNC. The van der Waals surface area contributed by atoms with Crippen LogP contribution in [-0.2, 0) is 13.1 Å². The Balaban J connectivity index is 2.80. The Morgan fingerprint density at radius 1 is 1.67 bits per heavy atom. The second-order valence-corrected chi connectivity index (χ2v) is 3.10. The van der Waals surface area contributed by atoms with Gasteiger partial charge in [0, 0.05) is 13.1 Å². The van der Waals surface area contributed by atoms with Gasteiger partial charge < -0.3 is 5.32 Å². The molecule has 0 atom stereocenters. The standard InChI is InChI=1S/C8H14ClN3/c1-3-4-12-8(6-10-2)7(9)5-11-12/h5,10H,3-4,6H2,1-2H3. The summed E-state index contributed by atoms with van der Waals surface area (Å²) in [5.74, 6) is 0. The van der Waals surface area contributed by atoms with Crippen LogP contribution in [0, 0.1) is 0 Å². The second kappa shape index (κ2) is 4.48. The average molecular weight is 188 g/mol. The van der Waals surface area contributed by atoms with E-state index in [1.807, 2.05) is 11.7 Å². The molecule has 0 aromatic carbocycles. The summed E-state index contributed by atoms with van der Waals surface area (Å²) in [6.45, 7) is 3.83. The fourth-order valence-corrected chi connectivity index (χ4v) is 1.34. The first-order valence-electron chi connectivity index (χ1n) is 4.14. The minimum absolute atomic E-state index is 0.748. The van der Waals surface area contributed by atoms with Crippen molar-refractivity contribution in [2.45, 2.75) is 26.4 Å². The van der Waals surface area contributed by atoms with Crippen molar-refractivity contribution in [3.63, 3.8) is 0 Å². The first-order valence-corrected chi connectivity index (χ1v) is 4.52. The Bertz CT molecular complexity index is 244. The summed E-state index contributed by atoms with van der Waals surface area (Å²) in [7, 11) is 1.90. The van der Waals surface area contributed by atoms with Crippen molar-refractivity contribution < 1.29 is 0 Å². The zero-order chi connectivity index (χ0) is 8.97. The molecule has 0 saturated heterocycles. The molecule has 0 aliphatic carbocycles. The van der Waals surface area contributed by atoms with Gasteiger partial charge in [0.2, 0.25) is 0 Å². The summed E-state index contributed by atoms with van der Waals surface area (Å²) in [5, 5.41) is 7.98. The highest BCUT2D eigenvalue weighted by molar-refractivity contribution is 6.31. The molecule has 3 nitrogen and oxygen atoms in total. The van der Waals surface area contributed by atoms with Gasteiger partial charge >= 0.3 is 0 Å². The molecule has 0 unspecified atom stereocenters. The highest BCUT2D eigenvalue weighted by Gasteiger charge is 2.06. The van der Waals surface area contributed by atoms with E-state index in [0.29, 0.717) is 0 Å². The Kier molecular flexibility index (Phi) is 3.56. The molecule has 1 aromatic rings. The molecule has 0 saturated carbocycles. The zero-order valence-corrected chi connectivity index (χ0v) is 8.23. The van der Waals surface area contributed by atoms with E-state index >= 15 is 0 Å². The maximum Gasteiger partial charge on any atom is 0.0831 e. The predicted molar refractivity (Wildman–Crippen MR) is 50.3 cm³/mol. The van der Waals surface area contributed by atoms with E-state index in [9.17, 15) is 0 Å². The molecule has 0 radical (unpaired) electrons. The molecule has 12 heavy (non-hydrogen) atoms. The molecule has 1 rings (SSSR count). The minimum atomic E-state index is 0.748. The first kappa shape index (κ1) is 9.55.